The van der Waals surface area contributed by atoms with E-state index < -0.39 is 0 Å². The van der Waals surface area contributed by atoms with Gasteiger partial charge in [0.25, 0.3) is 0 Å². The molecule has 1 rings (SSSR count). The Balaban J connectivity index is 2.54. The summed E-state index contributed by atoms with van der Waals surface area (Å²) in [6.45, 7) is 0. The second-order valence-corrected chi connectivity index (χ2v) is 3.95. The van der Waals surface area contributed by atoms with Crippen LogP contribution in [0.2, 0.25) is 0 Å². The lowest BCUT2D eigenvalue weighted by Gasteiger charge is -2.17. The van der Waals surface area contributed by atoms with E-state index in [9.17, 15) is 9.59 Å². The second kappa shape index (κ2) is 4.94. The third-order valence-electron chi connectivity index (χ3n) is 2.44. The van der Waals surface area contributed by atoms with Gasteiger partial charge < -0.3 is 4.90 Å². The van der Waals surface area contributed by atoms with Gasteiger partial charge in [-0.1, -0.05) is 6.42 Å². The Morgan fingerprint density at radius 3 is 2.71 bits per heavy atom. The summed E-state index contributed by atoms with van der Waals surface area (Å²) < 4.78 is 0. The first-order chi connectivity index (χ1) is 6.61. The highest BCUT2D eigenvalue weighted by Crippen LogP contribution is 2.21. The van der Waals surface area contributed by atoms with E-state index in [-0.39, 0.29) is 17.5 Å². The normalized spacial score (nSPS) is 22.7. The van der Waals surface area contributed by atoms with Gasteiger partial charge in [0.05, 0.1) is 5.92 Å². The first-order valence-electron chi connectivity index (χ1n) is 5.02. The molecule has 1 aliphatic carbocycles. The molecular weight excluding hydrogens is 178 g/mol. The number of nitrogens with zero attached hydrogens (tertiary/aromatic N) is 1. The highest BCUT2D eigenvalue weighted by atomic mass is 16.1. The molecule has 0 amide bonds. The van der Waals surface area contributed by atoms with Crippen molar-refractivity contribution in [2.45, 2.75) is 25.7 Å². The number of carbonyl (C=O) groups excluding carboxylic acids is 2. The van der Waals surface area contributed by atoms with Crippen LogP contribution in [0.25, 0.3) is 0 Å². The van der Waals surface area contributed by atoms with Gasteiger partial charge in [0.2, 0.25) is 0 Å². The summed E-state index contributed by atoms with van der Waals surface area (Å²) in [4.78, 5) is 24.8. The molecule has 0 saturated heterocycles. The molecule has 0 aromatic carbocycles. The van der Waals surface area contributed by atoms with Crippen LogP contribution in [0.1, 0.15) is 25.7 Å². The topological polar surface area (TPSA) is 37.4 Å². The molecule has 1 unspecified atom stereocenters. The third kappa shape index (κ3) is 2.98. The van der Waals surface area contributed by atoms with E-state index >= 15 is 0 Å². The second-order valence-electron chi connectivity index (χ2n) is 3.95. The van der Waals surface area contributed by atoms with Gasteiger partial charge in [-0.25, -0.2) is 0 Å². The molecule has 1 aliphatic rings. The summed E-state index contributed by atoms with van der Waals surface area (Å²) in [6.07, 6.45) is 6.46. The van der Waals surface area contributed by atoms with Crippen molar-refractivity contribution in [2.75, 3.05) is 14.1 Å². The van der Waals surface area contributed by atoms with E-state index in [1.54, 1.807) is 11.1 Å². The van der Waals surface area contributed by atoms with Crippen LogP contribution in [0.4, 0.5) is 0 Å². The third-order valence-corrected chi connectivity index (χ3v) is 2.44. The van der Waals surface area contributed by atoms with Gasteiger partial charge in [-0.2, -0.15) is 0 Å². The molecule has 3 nitrogen and oxygen atoms in total. The Labute approximate surface area is 84.8 Å². The van der Waals surface area contributed by atoms with E-state index in [1.807, 2.05) is 14.1 Å². The average molecular weight is 195 g/mol. The molecule has 0 radical (unpaired) electrons. The summed E-state index contributed by atoms with van der Waals surface area (Å²) in [7, 11) is 3.71. The minimum Gasteiger partial charge on any atom is -0.383 e. The molecule has 78 valence electrons. The zero-order chi connectivity index (χ0) is 10.6. The number of allylic oxidation sites excluding steroid dienone is 1. The Kier molecular flexibility index (Phi) is 3.86. The van der Waals surface area contributed by atoms with Crippen molar-refractivity contribution in [1.29, 1.82) is 0 Å². The predicted molar refractivity (Wildman–Crippen MR) is 54.8 cm³/mol. The number of ketones is 2. The zero-order valence-electron chi connectivity index (χ0n) is 8.82. The number of carbonyl (C=O) groups is 2. The van der Waals surface area contributed by atoms with Gasteiger partial charge in [-0.05, 0) is 18.9 Å². The smallest absolute Gasteiger partial charge is 0.167 e. The average Bonchev–Trinajstić information content (AvgIpc) is 2.15. The van der Waals surface area contributed by atoms with Crippen LogP contribution in [0, 0.1) is 5.92 Å². The molecule has 0 aliphatic heterocycles. The van der Waals surface area contributed by atoms with Gasteiger partial charge in [0, 0.05) is 26.7 Å². The maximum absolute atomic E-state index is 11.6. The van der Waals surface area contributed by atoms with Crippen LogP contribution in [0.3, 0.4) is 0 Å². The summed E-state index contributed by atoms with van der Waals surface area (Å²) in [6, 6.07) is 0. The highest BCUT2D eigenvalue weighted by Gasteiger charge is 2.26. The van der Waals surface area contributed by atoms with Crippen LogP contribution in [-0.2, 0) is 9.59 Å². The molecule has 14 heavy (non-hydrogen) atoms. The lowest BCUT2D eigenvalue weighted by molar-refractivity contribution is -0.131. The fourth-order valence-corrected chi connectivity index (χ4v) is 1.62. The molecule has 3 heteroatoms. The largest absolute Gasteiger partial charge is 0.383 e. The van der Waals surface area contributed by atoms with Crippen molar-refractivity contribution in [1.82, 2.24) is 4.90 Å². The molecule has 0 bridgehead atoms. The van der Waals surface area contributed by atoms with Gasteiger partial charge in [0.15, 0.2) is 5.78 Å². The summed E-state index contributed by atoms with van der Waals surface area (Å²) >= 11 is 0. The van der Waals surface area contributed by atoms with Crippen molar-refractivity contribution in [3.8, 4) is 0 Å². The van der Waals surface area contributed by atoms with E-state index in [2.05, 4.69) is 0 Å². The zero-order valence-corrected chi connectivity index (χ0v) is 8.82. The van der Waals surface area contributed by atoms with Crippen molar-refractivity contribution >= 4 is 11.6 Å². The fourth-order valence-electron chi connectivity index (χ4n) is 1.62. The van der Waals surface area contributed by atoms with Gasteiger partial charge in [0.1, 0.15) is 5.78 Å². The maximum atomic E-state index is 11.6. The molecule has 0 N–H and O–H groups in total. The Bertz CT molecular complexity index is 256. The molecule has 0 spiro atoms. The Hall–Kier alpha value is -1.12. The molecule has 0 aromatic heterocycles. The van der Waals surface area contributed by atoms with Crippen LogP contribution in [0.5, 0.6) is 0 Å². The summed E-state index contributed by atoms with van der Waals surface area (Å²) in [5.74, 6) is -0.284. The molecule has 0 heterocycles. The SMILES string of the molecule is CN(C)C=CC(=O)C1CCCCC1=O. The van der Waals surface area contributed by atoms with Gasteiger partial charge in [-0.3, -0.25) is 9.59 Å². The van der Waals surface area contributed by atoms with E-state index in [0.29, 0.717) is 6.42 Å². The Morgan fingerprint density at radius 1 is 1.43 bits per heavy atom. The standard InChI is InChI=1S/C11H17NO2/c1-12(2)8-7-11(14)9-5-3-4-6-10(9)13/h7-9H,3-6H2,1-2H3. The van der Waals surface area contributed by atoms with E-state index in [0.717, 1.165) is 19.3 Å². The number of rotatable bonds is 3. The molecule has 1 atom stereocenters. The van der Waals surface area contributed by atoms with Gasteiger partial charge >= 0.3 is 0 Å². The quantitative estimate of drug-likeness (QED) is 0.504. The van der Waals surface area contributed by atoms with Crippen molar-refractivity contribution in [3.05, 3.63) is 12.3 Å². The van der Waals surface area contributed by atoms with Crippen LogP contribution < -0.4 is 0 Å². The predicted octanol–water partition coefficient (Wildman–Crippen LogP) is 1.39. The van der Waals surface area contributed by atoms with Crippen LogP contribution in [0.15, 0.2) is 12.3 Å². The molecule has 1 saturated carbocycles. The summed E-state index contributed by atoms with van der Waals surface area (Å²) in [5, 5.41) is 0. The van der Waals surface area contributed by atoms with Crippen LogP contribution in [-0.4, -0.2) is 30.6 Å². The molecule has 0 aromatic rings. The first-order valence-corrected chi connectivity index (χ1v) is 5.02. The minimum atomic E-state index is -0.361. The first kappa shape index (κ1) is 11.0. The Morgan fingerprint density at radius 2 is 2.14 bits per heavy atom. The van der Waals surface area contributed by atoms with E-state index in [4.69, 9.17) is 0 Å². The number of hydrogen-bond acceptors (Lipinski definition) is 3. The highest BCUT2D eigenvalue weighted by molar-refractivity contribution is 6.07. The monoisotopic (exact) mass is 195 g/mol. The molecule has 1 fully saturated rings. The number of Topliss-reactive ketones (excluding diaryl/α,β-unsaturated/α-hetero) is 1. The fraction of sp³-hybridized carbons (Fsp3) is 0.636. The van der Waals surface area contributed by atoms with Crippen molar-refractivity contribution in [3.63, 3.8) is 0 Å². The molecular formula is C11H17NO2. The number of hydrogen-bond donors (Lipinski definition) is 0. The van der Waals surface area contributed by atoms with Gasteiger partial charge in [-0.15, -0.1) is 0 Å². The lowest BCUT2D eigenvalue weighted by Crippen LogP contribution is -2.26. The van der Waals surface area contributed by atoms with Crippen molar-refractivity contribution in [2.24, 2.45) is 5.92 Å². The summed E-state index contributed by atoms with van der Waals surface area (Å²) in [5.41, 5.74) is 0. The van der Waals surface area contributed by atoms with Crippen molar-refractivity contribution < 1.29 is 9.59 Å². The van der Waals surface area contributed by atoms with Crippen LogP contribution >= 0.6 is 0 Å². The van der Waals surface area contributed by atoms with E-state index in [1.165, 1.54) is 6.08 Å². The maximum Gasteiger partial charge on any atom is 0.167 e. The lowest BCUT2D eigenvalue weighted by atomic mass is 9.85. The minimum absolute atomic E-state index is 0.0385.